The maximum Gasteiger partial charge on any atom is 0.234 e. The molecule has 1 aromatic rings. The molecule has 1 amide bonds. The smallest absolute Gasteiger partial charge is 0.234 e. The zero-order valence-corrected chi connectivity index (χ0v) is 16.3. The molecule has 1 aromatic heterocycles. The summed E-state index contributed by atoms with van der Waals surface area (Å²) >= 11 is 1.65. The molecule has 25 heavy (non-hydrogen) atoms. The predicted molar refractivity (Wildman–Crippen MR) is 101 cm³/mol. The molecule has 1 saturated heterocycles. The molecule has 0 radical (unpaired) electrons. The summed E-state index contributed by atoms with van der Waals surface area (Å²) < 4.78 is 23.7. The zero-order chi connectivity index (χ0) is 17.7. The van der Waals surface area contributed by atoms with Crippen LogP contribution in [0.3, 0.4) is 0 Å². The Bertz CT molecular complexity index is 650. The predicted octanol–water partition coefficient (Wildman–Crippen LogP) is 2.58. The third-order valence-corrected chi connectivity index (χ3v) is 7.84. The van der Waals surface area contributed by atoms with Gasteiger partial charge in [-0.05, 0) is 30.7 Å². The molecule has 7 heteroatoms. The Morgan fingerprint density at radius 3 is 2.56 bits per heavy atom. The topological polar surface area (TPSA) is 66.5 Å². The third kappa shape index (κ3) is 5.79. The number of thiophene rings is 1. The molecule has 1 atom stereocenters. The van der Waals surface area contributed by atoms with Gasteiger partial charge in [0.05, 0.1) is 18.1 Å². The van der Waals surface area contributed by atoms with Gasteiger partial charge in [-0.3, -0.25) is 9.69 Å². The molecule has 1 saturated carbocycles. The second-order valence-corrected chi connectivity index (χ2v) is 10.6. The number of amides is 1. The van der Waals surface area contributed by atoms with Gasteiger partial charge in [0.1, 0.15) is 0 Å². The summed E-state index contributed by atoms with van der Waals surface area (Å²) in [6, 6.07) is 4.28. The van der Waals surface area contributed by atoms with Crippen LogP contribution in [0.2, 0.25) is 0 Å². The third-order valence-electron chi connectivity index (χ3n) is 5.23. The monoisotopic (exact) mass is 384 g/mol. The van der Waals surface area contributed by atoms with Crippen molar-refractivity contribution < 1.29 is 13.2 Å². The van der Waals surface area contributed by atoms with Crippen LogP contribution >= 0.6 is 11.3 Å². The minimum Gasteiger partial charge on any atom is -0.352 e. The van der Waals surface area contributed by atoms with Gasteiger partial charge in [-0.2, -0.15) is 0 Å². The van der Waals surface area contributed by atoms with Gasteiger partial charge in [-0.1, -0.05) is 31.7 Å². The Morgan fingerprint density at radius 1 is 1.20 bits per heavy atom. The number of nitrogens with zero attached hydrogens (tertiary/aromatic N) is 1. The van der Waals surface area contributed by atoms with E-state index in [2.05, 4.69) is 10.2 Å². The number of carbonyl (C=O) groups excluding carboxylic acids is 1. The Morgan fingerprint density at radius 2 is 1.96 bits per heavy atom. The normalized spacial score (nSPS) is 24.3. The van der Waals surface area contributed by atoms with Crippen LogP contribution in [0.25, 0.3) is 0 Å². The molecule has 0 bridgehead atoms. The quantitative estimate of drug-likeness (QED) is 0.766. The lowest BCUT2D eigenvalue weighted by Crippen LogP contribution is -2.45. The first-order valence-corrected chi connectivity index (χ1v) is 12.0. The van der Waals surface area contributed by atoms with E-state index >= 15 is 0 Å². The van der Waals surface area contributed by atoms with Crippen LogP contribution in [0, 0.1) is 0 Å². The number of nitrogens with one attached hydrogen (secondary N) is 1. The highest BCUT2D eigenvalue weighted by atomic mass is 32.2. The number of carbonyl (C=O) groups is 1. The molecule has 140 valence electrons. The molecule has 3 rings (SSSR count). The lowest BCUT2D eigenvalue weighted by molar-refractivity contribution is -0.123. The standard InChI is InChI=1S/C18H28N2O3S2/c21-18(19-15-6-3-1-2-4-7-15)13-20(12-17-8-5-10-24-17)16-9-11-25(22,23)14-16/h5,8,10,15-16H,1-4,6-7,9,11-14H2,(H,19,21)/t16-/m0/s1. The van der Waals surface area contributed by atoms with Crippen molar-refractivity contribution in [1.82, 2.24) is 10.2 Å². The maximum atomic E-state index is 12.6. The average Bonchev–Trinajstić information content (AvgIpc) is 3.11. The van der Waals surface area contributed by atoms with Crippen LogP contribution in [0.5, 0.6) is 0 Å². The first-order chi connectivity index (χ1) is 12.0. The van der Waals surface area contributed by atoms with Crippen LogP contribution in [0.15, 0.2) is 17.5 Å². The number of sulfone groups is 1. The Kier molecular flexibility index (Phi) is 6.52. The largest absolute Gasteiger partial charge is 0.352 e. The van der Waals surface area contributed by atoms with E-state index in [4.69, 9.17) is 0 Å². The van der Waals surface area contributed by atoms with Crippen molar-refractivity contribution in [2.45, 2.75) is 63.6 Å². The first kappa shape index (κ1) is 18.9. The Balaban J connectivity index is 1.61. The average molecular weight is 385 g/mol. The van der Waals surface area contributed by atoms with Gasteiger partial charge in [0, 0.05) is 23.5 Å². The van der Waals surface area contributed by atoms with E-state index in [0.717, 1.165) is 12.8 Å². The molecule has 0 spiro atoms. The molecule has 0 unspecified atom stereocenters. The van der Waals surface area contributed by atoms with Crippen LogP contribution in [0.4, 0.5) is 0 Å². The Labute approximate surface area is 154 Å². The zero-order valence-electron chi connectivity index (χ0n) is 14.7. The molecule has 2 heterocycles. The van der Waals surface area contributed by atoms with E-state index in [1.54, 1.807) is 11.3 Å². The van der Waals surface area contributed by atoms with E-state index in [1.165, 1.54) is 30.6 Å². The highest BCUT2D eigenvalue weighted by Crippen LogP contribution is 2.22. The molecule has 1 aliphatic heterocycles. The summed E-state index contributed by atoms with van der Waals surface area (Å²) in [6.45, 7) is 0.935. The highest BCUT2D eigenvalue weighted by Gasteiger charge is 2.33. The molecular weight excluding hydrogens is 356 g/mol. The fraction of sp³-hybridized carbons (Fsp3) is 0.722. The molecular formula is C18H28N2O3S2. The van der Waals surface area contributed by atoms with Crippen molar-refractivity contribution in [3.8, 4) is 0 Å². The van der Waals surface area contributed by atoms with Gasteiger partial charge in [0.25, 0.3) is 0 Å². The van der Waals surface area contributed by atoms with Crippen LogP contribution in [0.1, 0.15) is 49.8 Å². The summed E-state index contributed by atoms with van der Waals surface area (Å²) in [6.07, 6.45) is 7.65. The fourth-order valence-corrected chi connectivity index (χ4v) is 6.35. The SMILES string of the molecule is O=C(CN(Cc1cccs1)[C@H]1CCS(=O)(=O)C1)NC1CCCCCC1. The van der Waals surface area contributed by atoms with Gasteiger partial charge >= 0.3 is 0 Å². The summed E-state index contributed by atoms with van der Waals surface area (Å²) in [4.78, 5) is 15.8. The lowest BCUT2D eigenvalue weighted by Gasteiger charge is -2.28. The molecule has 2 fully saturated rings. The minimum atomic E-state index is -2.96. The van der Waals surface area contributed by atoms with Crippen LogP contribution in [-0.2, 0) is 21.2 Å². The highest BCUT2D eigenvalue weighted by molar-refractivity contribution is 7.91. The van der Waals surface area contributed by atoms with Gasteiger partial charge in [-0.15, -0.1) is 11.3 Å². The van der Waals surface area contributed by atoms with E-state index in [9.17, 15) is 13.2 Å². The van der Waals surface area contributed by atoms with E-state index in [1.807, 2.05) is 17.5 Å². The van der Waals surface area contributed by atoms with Crippen LogP contribution < -0.4 is 5.32 Å². The number of hydrogen-bond acceptors (Lipinski definition) is 5. The van der Waals surface area contributed by atoms with Crippen LogP contribution in [-0.4, -0.2) is 49.4 Å². The van der Waals surface area contributed by atoms with Crippen molar-refractivity contribution in [2.75, 3.05) is 18.1 Å². The lowest BCUT2D eigenvalue weighted by atomic mass is 10.1. The van der Waals surface area contributed by atoms with Crippen molar-refractivity contribution in [3.63, 3.8) is 0 Å². The molecule has 1 N–H and O–H groups in total. The summed E-state index contributed by atoms with van der Waals surface area (Å²) in [5, 5.41) is 5.20. The van der Waals surface area contributed by atoms with Gasteiger partial charge in [0.15, 0.2) is 9.84 Å². The van der Waals surface area contributed by atoms with Crippen molar-refractivity contribution >= 4 is 27.1 Å². The fourth-order valence-electron chi connectivity index (χ4n) is 3.86. The van der Waals surface area contributed by atoms with E-state index in [-0.39, 0.29) is 36.0 Å². The second kappa shape index (κ2) is 8.64. The van der Waals surface area contributed by atoms with E-state index < -0.39 is 9.84 Å². The Hall–Kier alpha value is -0.920. The molecule has 0 aromatic carbocycles. The summed E-state index contributed by atoms with van der Waals surface area (Å²) in [5.74, 6) is 0.450. The van der Waals surface area contributed by atoms with Gasteiger partial charge in [0.2, 0.25) is 5.91 Å². The van der Waals surface area contributed by atoms with Crippen molar-refractivity contribution in [1.29, 1.82) is 0 Å². The maximum absolute atomic E-state index is 12.6. The molecule has 1 aliphatic carbocycles. The number of rotatable bonds is 6. The van der Waals surface area contributed by atoms with Gasteiger partial charge < -0.3 is 5.32 Å². The van der Waals surface area contributed by atoms with Crippen molar-refractivity contribution in [3.05, 3.63) is 22.4 Å². The number of hydrogen-bond donors (Lipinski definition) is 1. The molecule has 5 nitrogen and oxygen atoms in total. The molecule has 2 aliphatic rings. The minimum absolute atomic E-state index is 0.0350. The summed E-state index contributed by atoms with van der Waals surface area (Å²) in [7, 11) is -2.96. The van der Waals surface area contributed by atoms with E-state index in [0.29, 0.717) is 13.0 Å². The van der Waals surface area contributed by atoms with Crippen molar-refractivity contribution in [2.24, 2.45) is 0 Å². The summed E-state index contributed by atoms with van der Waals surface area (Å²) in [5.41, 5.74) is 0. The first-order valence-electron chi connectivity index (χ1n) is 9.28. The second-order valence-electron chi connectivity index (χ2n) is 7.30. The van der Waals surface area contributed by atoms with Gasteiger partial charge in [-0.25, -0.2) is 8.42 Å².